The zero-order valence-corrected chi connectivity index (χ0v) is 14.5. The number of rotatable bonds is 6. The Labute approximate surface area is 149 Å². The van der Waals surface area contributed by atoms with Gasteiger partial charge in [-0.1, -0.05) is 85.8 Å². The van der Waals surface area contributed by atoms with Crippen LogP contribution in [0.2, 0.25) is 0 Å². The summed E-state index contributed by atoms with van der Waals surface area (Å²) in [6, 6.07) is 25.9. The fourth-order valence-electron chi connectivity index (χ4n) is 2.89. The van der Waals surface area contributed by atoms with Gasteiger partial charge in [-0.25, -0.2) is 4.39 Å². The van der Waals surface area contributed by atoms with Crippen molar-refractivity contribution in [2.45, 2.75) is 25.7 Å². The summed E-state index contributed by atoms with van der Waals surface area (Å²) in [6.45, 7) is 2.29. The second-order valence-electron chi connectivity index (χ2n) is 6.48. The van der Waals surface area contributed by atoms with E-state index >= 15 is 0 Å². The van der Waals surface area contributed by atoms with Crippen molar-refractivity contribution in [2.24, 2.45) is 0 Å². The molecule has 25 heavy (non-hydrogen) atoms. The van der Waals surface area contributed by atoms with Crippen LogP contribution in [0.4, 0.5) is 4.39 Å². The molecule has 1 heteroatoms. The average Bonchev–Trinajstić information content (AvgIpc) is 2.67. The van der Waals surface area contributed by atoms with Gasteiger partial charge in [0.2, 0.25) is 0 Å². The van der Waals surface area contributed by atoms with Crippen LogP contribution in [0.1, 0.15) is 41.5 Å². The first-order valence-electron chi connectivity index (χ1n) is 8.78. The minimum Gasteiger partial charge on any atom is -0.207 e. The molecule has 3 aromatic rings. The van der Waals surface area contributed by atoms with Crippen molar-refractivity contribution in [2.75, 3.05) is 0 Å². The van der Waals surface area contributed by atoms with Crippen molar-refractivity contribution in [1.82, 2.24) is 0 Å². The van der Waals surface area contributed by atoms with Crippen LogP contribution >= 0.6 is 0 Å². The van der Waals surface area contributed by atoms with Gasteiger partial charge in [0.25, 0.3) is 0 Å². The van der Waals surface area contributed by atoms with Crippen molar-refractivity contribution >= 4 is 12.2 Å². The fourth-order valence-corrected chi connectivity index (χ4v) is 2.89. The monoisotopic (exact) mass is 330 g/mol. The highest BCUT2D eigenvalue weighted by Crippen LogP contribution is 2.21. The van der Waals surface area contributed by atoms with Crippen molar-refractivity contribution in [3.63, 3.8) is 0 Å². The third-order valence-corrected chi connectivity index (χ3v) is 4.55. The Morgan fingerprint density at radius 2 is 1.32 bits per heavy atom. The summed E-state index contributed by atoms with van der Waals surface area (Å²) >= 11 is 0. The summed E-state index contributed by atoms with van der Waals surface area (Å²) in [7, 11) is 0. The van der Waals surface area contributed by atoms with Crippen LogP contribution in [0.25, 0.3) is 12.2 Å². The highest BCUT2D eigenvalue weighted by atomic mass is 19.1. The molecule has 0 nitrogen and oxygen atoms in total. The Bertz CT molecular complexity index is 799. The summed E-state index contributed by atoms with van der Waals surface area (Å²) in [5, 5.41) is 0. The van der Waals surface area contributed by atoms with Gasteiger partial charge in [0.15, 0.2) is 0 Å². The van der Waals surface area contributed by atoms with Crippen LogP contribution in [0.5, 0.6) is 0 Å². The molecule has 0 saturated heterocycles. The van der Waals surface area contributed by atoms with E-state index in [0.29, 0.717) is 5.92 Å². The first kappa shape index (κ1) is 17.2. The van der Waals surface area contributed by atoms with Crippen LogP contribution in [-0.4, -0.2) is 0 Å². The lowest BCUT2D eigenvalue weighted by Gasteiger charge is -2.11. The van der Waals surface area contributed by atoms with E-state index in [1.54, 1.807) is 12.1 Å². The van der Waals surface area contributed by atoms with Crippen LogP contribution in [0, 0.1) is 5.82 Å². The molecule has 0 aliphatic heterocycles. The van der Waals surface area contributed by atoms with Gasteiger partial charge in [0.05, 0.1) is 0 Å². The van der Waals surface area contributed by atoms with Gasteiger partial charge in [-0.2, -0.15) is 0 Å². The predicted molar refractivity (Wildman–Crippen MR) is 105 cm³/mol. The molecule has 0 saturated carbocycles. The SMILES string of the molecule is C[C@H](CCc1ccc(C=Cc2ccc(F)cc2)cc1)c1ccccc1. The largest absolute Gasteiger partial charge is 0.207 e. The number of halogens is 1. The normalized spacial score (nSPS) is 12.4. The molecule has 1 atom stereocenters. The molecular weight excluding hydrogens is 307 g/mol. The Kier molecular flexibility index (Phi) is 5.79. The lowest BCUT2D eigenvalue weighted by atomic mass is 9.94. The van der Waals surface area contributed by atoms with Gasteiger partial charge < -0.3 is 0 Å². The third kappa shape index (κ3) is 5.15. The molecule has 0 heterocycles. The molecule has 0 aromatic heterocycles. The average molecular weight is 330 g/mol. The van der Waals surface area contributed by atoms with Gasteiger partial charge in [-0.3, -0.25) is 0 Å². The van der Waals surface area contributed by atoms with Crippen LogP contribution in [0.15, 0.2) is 78.9 Å². The van der Waals surface area contributed by atoms with Crippen molar-refractivity contribution in [1.29, 1.82) is 0 Å². The smallest absolute Gasteiger partial charge is 0.123 e. The minimum atomic E-state index is -0.203. The number of benzene rings is 3. The summed E-state index contributed by atoms with van der Waals surface area (Å²) < 4.78 is 12.9. The zero-order valence-electron chi connectivity index (χ0n) is 14.5. The number of hydrogen-bond acceptors (Lipinski definition) is 0. The van der Waals surface area contributed by atoms with Crippen molar-refractivity contribution < 1.29 is 4.39 Å². The molecule has 0 aliphatic rings. The van der Waals surface area contributed by atoms with Crippen molar-refractivity contribution in [3.05, 3.63) is 107 Å². The topological polar surface area (TPSA) is 0 Å². The van der Waals surface area contributed by atoms with Crippen molar-refractivity contribution in [3.8, 4) is 0 Å². The Morgan fingerprint density at radius 3 is 1.92 bits per heavy atom. The maximum atomic E-state index is 12.9. The van der Waals surface area contributed by atoms with E-state index < -0.39 is 0 Å². The molecule has 3 rings (SSSR count). The molecular formula is C24H23F. The Balaban J connectivity index is 1.56. The highest BCUT2D eigenvalue weighted by Gasteiger charge is 2.05. The van der Waals surface area contributed by atoms with Gasteiger partial charge in [-0.05, 0) is 53.1 Å². The molecule has 0 spiro atoms. The van der Waals surface area contributed by atoms with Gasteiger partial charge >= 0.3 is 0 Å². The molecule has 0 fully saturated rings. The Hall–Kier alpha value is -2.67. The quantitative estimate of drug-likeness (QED) is 0.439. The molecule has 0 radical (unpaired) electrons. The lowest BCUT2D eigenvalue weighted by molar-refractivity contribution is 0.628. The minimum absolute atomic E-state index is 0.203. The molecule has 3 aromatic carbocycles. The third-order valence-electron chi connectivity index (χ3n) is 4.55. The van der Waals surface area contributed by atoms with E-state index in [0.717, 1.165) is 24.0 Å². The first-order valence-corrected chi connectivity index (χ1v) is 8.78. The second kappa shape index (κ2) is 8.43. The van der Waals surface area contributed by atoms with E-state index in [1.807, 2.05) is 6.08 Å². The standard InChI is InChI=1S/C24H23F/c1-19(23-5-3-2-4-6-23)7-8-20-9-11-21(12-10-20)13-14-22-15-17-24(25)18-16-22/h2-6,9-19H,7-8H2,1H3/t19-/m1/s1. The van der Waals surface area contributed by atoms with Crippen LogP contribution in [-0.2, 0) is 6.42 Å². The number of hydrogen-bond donors (Lipinski definition) is 0. The first-order chi connectivity index (χ1) is 12.2. The highest BCUT2D eigenvalue weighted by molar-refractivity contribution is 5.69. The molecule has 0 N–H and O–H groups in total. The summed E-state index contributed by atoms with van der Waals surface area (Å²) in [5.41, 5.74) is 4.93. The molecule has 126 valence electrons. The summed E-state index contributed by atoms with van der Waals surface area (Å²) in [4.78, 5) is 0. The van der Waals surface area contributed by atoms with E-state index in [-0.39, 0.29) is 5.82 Å². The van der Waals surface area contributed by atoms with Crippen LogP contribution < -0.4 is 0 Å². The van der Waals surface area contributed by atoms with E-state index in [9.17, 15) is 4.39 Å². The fraction of sp³-hybridized carbons (Fsp3) is 0.167. The molecule has 0 amide bonds. The van der Waals surface area contributed by atoms with E-state index in [2.05, 4.69) is 67.6 Å². The number of aryl methyl sites for hydroxylation is 1. The van der Waals surface area contributed by atoms with Gasteiger partial charge in [0, 0.05) is 0 Å². The predicted octanol–water partition coefficient (Wildman–Crippen LogP) is 6.73. The van der Waals surface area contributed by atoms with Gasteiger partial charge in [-0.15, -0.1) is 0 Å². The van der Waals surface area contributed by atoms with E-state index in [1.165, 1.54) is 23.3 Å². The van der Waals surface area contributed by atoms with E-state index in [4.69, 9.17) is 0 Å². The van der Waals surface area contributed by atoms with Gasteiger partial charge in [0.1, 0.15) is 5.82 Å². The second-order valence-corrected chi connectivity index (χ2v) is 6.48. The lowest BCUT2D eigenvalue weighted by Crippen LogP contribution is -1.96. The maximum Gasteiger partial charge on any atom is 0.123 e. The summed E-state index contributed by atoms with van der Waals surface area (Å²) in [5.74, 6) is 0.366. The molecule has 0 bridgehead atoms. The maximum absolute atomic E-state index is 12.9. The summed E-state index contributed by atoms with van der Waals surface area (Å²) in [6.07, 6.45) is 6.29. The zero-order chi connectivity index (χ0) is 17.5. The molecule has 0 aliphatic carbocycles. The molecule has 0 unspecified atom stereocenters. The van der Waals surface area contributed by atoms with Crippen LogP contribution in [0.3, 0.4) is 0 Å². The Morgan fingerprint density at radius 1 is 0.760 bits per heavy atom.